The Morgan fingerprint density at radius 1 is 1.53 bits per heavy atom. The summed E-state index contributed by atoms with van der Waals surface area (Å²) < 4.78 is 0. The van der Waals surface area contributed by atoms with Crippen LogP contribution in [0.4, 0.5) is 0 Å². The number of rotatable bonds is 5. The van der Waals surface area contributed by atoms with Crippen molar-refractivity contribution in [1.29, 1.82) is 0 Å². The van der Waals surface area contributed by atoms with Gasteiger partial charge in [-0.3, -0.25) is 9.59 Å². The first kappa shape index (κ1) is 16.0. The lowest BCUT2D eigenvalue weighted by Crippen LogP contribution is -2.58. The van der Waals surface area contributed by atoms with Crippen molar-refractivity contribution in [2.45, 2.75) is 52.0 Å². The van der Waals surface area contributed by atoms with Crippen LogP contribution in [0.25, 0.3) is 0 Å². The van der Waals surface area contributed by atoms with Gasteiger partial charge in [-0.05, 0) is 25.7 Å². The van der Waals surface area contributed by atoms with Crippen molar-refractivity contribution in [3.63, 3.8) is 0 Å². The van der Waals surface area contributed by atoms with Gasteiger partial charge in [-0.1, -0.05) is 26.7 Å². The van der Waals surface area contributed by atoms with Crippen LogP contribution in [0.2, 0.25) is 0 Å². The fourth-order valence-corrected chi connectivity index (χ4v) is 2.87. The quantitative estimate of drug-likeness (QED) is 0.792. The van der Waals surface area contributed by atoms with E-state index in [9.17, 15) is 9.59 Å². The summed E-state index contributed by atoms with van der Waals surface area (Å²) in [6.45, 7) is 6.33. The molecule has 1 rings (SSSR count). The minimum absolute atomic E-state index is 0.0883. The van der Waals surface area contributed by atoms with E-state index in [0.29, 0.717) is 25.3 Å². The van der Waals surface area contributed by atoms with E-state index in [-0.39, 0.29) is 12.5 Å². The van der Waals surface area contributed by atoms with Crippen molar-refractivity contribution >= 4 is 11.9 Å². The number of carboxylic acid groups (broad SMARTS) is 1. The van der Waals surface area contributed by atoms with Crippen LogP contribution in [-0.2, 0) is 9.59 Å². The van der Waals surface area contributed by atoms with Gasteiger partial charge in [0.15, 0.2) is 0 Å². The average molecular weight is 270 g/mol. The Hall–Kier alpha value is -1.10. The number of hydrogen-bond acceptors (Lipinski definition) is 3. The average Bonchev–Trinajstić information content (AvgIpc) is 2.34. The van der Waals surface area contributed by atoms with Crippen LogP contribution in [0.1, 0.15) is 46.5 Å². The third kappa shape index (κ3) is 3.93. The minimum atomic E-state index is -0.880. The molecule has 0 aromatic rings. The molecule has 0 aromatic heterocycles. The highest BCUT2D eigenvalue weighted by molar-refractivity contribution is 5.86. The van der Waals surface area contributed by atoms with Crippen molar-refractivity contribution in [3.05, 3.63) is 0 Å². The zero-order valence-electron chi connectivity index (χ0n) is 12.2. The number of carbonyl (C=O) groups excluding carboxylic acids is 1. The third-order valence-corrected chi connectivity index (χ3v) is 4.04. The molecule has 1 amide bonds. The van der Waals surface area contributed by atoms with Crippen LogP contribution in [0.3, 0.4) is 0 Å². The SMILES string of the molecule is CCN(CC(C)C(=O)O)C(=O)C1(N)CCCC(C)C1. The summed E-state index contributed by atoms with van der Waals surface area (Å²) in [5.74, 6) is -1.07. The largest absolute Gasteiger partial charge is 0.481 e. The maximum absolute atomic E-state index is 12.6. The molecule has 110 valence electrons. The van der Waals surface area contributed by atoms with Gasteiger partial charge in [-0.2, -0.15) is 0 Å². The highest BCUT2D eigenvalue weighted by atomic mass is 16.4. The van der Waals surface area contributed by atoms with Crippen molar-refractivity contribution in [2.75, 3.05) is 13.1 Å². The topological polar surface area (TPSA) is 83.6 Å². The van der Waals surface area contributed by atoms with Crippen LogP contribution < -0.4 is 5.73 Å². The van der Waals surface area contributed by atoms with E-state index in [2.05, 4.69) is 6.92 Å². The molecule has 5 heteroatoms. The first-order valence-corrected chi connectivity index (χ1v) is 7.11. The van der Waals surface area contributed by atoms with Gasteiger partial charge in [-0.25, -0.2) is 0 Å². The van der Waals surface area contributed by atoms with Gasteiger partial charge in [-0.15, -0.1) is 0 Å². The van der Waals surface area contributed by atoms with Gasteiger partial charge in [0, 0.05) is 13.1 Å². The zero-order valence-corrected chi connectivity index (χ0v) is 12.2. The summed E-state index contributed by atoms with van der Waals surface area (Å²) in [6, 6.07) is 0. The van der Waals surface area contributed by atoms with Crippen molar-refractivity contribution in [2.24, 2.45) is 17.6 Å². The molecule has 5 nitrogen and oxygen atoms in total. The Balaban J connectivity index is 2.74. The molecule has 1 saturated carbocycles. The first-order chi connectivity index (χ1) is 8.80. The molecule has 0 heterocycles. The van der Waals surface area contributed by atoms with Crippen LogP contribution in [0.15, 0.2) is 0 Å². The molecular weight excluding hydrogens is 244 g/mol. The minimum Gasteiger partial charge on any atom is -0.481 e. The standard InChI is InChI=1S/C14H26N2O3/c1-4-16(9-11(3)12(17)18)13(19)14(15)7-5-6-10(2)8-14/h10-11H,4-9,15H2,1-3H3,(H,17,18). The summed E-state index contributed by atoms with van der Waals surface area (Å²) in [4.78, 5) is 25.1. The molecule has 0 spiro atoms. The molecule has 0 saturated heterocycles. The van der Waals surface area contributed by atoms with E-state index < -0.39 is 17.4 Å². The third-order valence-electron chi connectivity index (χ3n) is 4.04. The molecule has 1 aliphatic rings. The summed E-state index contributed by atoms with van der Waals surface area (Å²) in [6.07, 6.45) is 3.48. The molecule has 1 fully saturated rings. The van der Waals surface area contributed by atoms with E-state index in [4.69, 9.17) is 10.8 Å². The van der Waals surface area contributed by atoms with Crippen molar-refractivity contribution in [3.8, 4) is 0 Å². The Kier molecular flexibility index (Phi) is 5.35. The van der Waals surface area contributed by atoms with Crippen LogP contribution >= 0.6 is 0 Å². The number of hydrogen-bond donors (Lipinski definition) is 2. The highest BCUT2D eigenvalue weighted by Crippen LogP contribution is 2.31. The molecule has 1 aliphatic carbocycles. The van der Waals surface area contributed by atoms with Crippen LogP contribution in [0, 0.1) is 11.8 Å². The van der Waals surface area contributed by atoms with Gasteiger partial charge >= 0.3 is 5.97 Å². The summed E-state index contributed by atoms with van der Waals surface area (Å²) in [5, 5.41) is 8.96. The van der Waals surface area contributed by atoms with E-state index in [0.717, 1.165) is 12.8 Å². The van der Waals surface area contributed by atoms with Gasteiger partial charge < -0.3 is 15.7 Å². The van der Waals surface area contributed by atoms with Gasteiger partial charge in [0.2, 0.25) is 5.91 Å². The van der Waals surface area contributed by atoms with E-state index in [1.165, 1.54) is 0 Å². The van der Waals surface area contributed by atoms with Crippen molar-refractivity contribution in [1.82, 2.24) is 4.90 Å². The van der Waals surface area contributed by atoms with Crippen LogP contribution in [-0.4, -0.2) is 40.5 Å². The Morgan fingerprint density at radius 2 is 2.16 bits per heavy atom. The maximum atomic E-state index is 12.6. The maximum Gasteiger partial charge on any atom is 0.308 e. The van der Waals surface area contributed by atoms with E-state index in [1.54, 1.807) is 11.8 Å². The number of aliphatic carboxylic acids is 1. The second-order valence-electron chi connectivity index (χ2n) is 5.94. The molecular formula is C14H26N2O3. The lowest BCUT2D eigenvalue weighted by molar-refractivity contribution is -0.145. The number of carboxylic acids is 1. The van der Waals surface area contributed by atoms with Gasteiger partial charge in [0.05, 0.1) is 11.5 Å². The fraction of sp³-hybridized carbons (Fsp3) is 0.857. The Morgan fingerprint density at radius 3 is 2.63 bits per heavy atom. The summed E-state index contributed by atoms with van der Waals surface area (Å²) >= 11 is 0. The highest BCUT2D eigenvalue weighted by Gasteiger charge is 2.40. The van der Waals surface area contributed by atoms with Crippen LogP contribution in [0.5, 0.6) is 0 Å². The number of nitrogens with two attached hydrogens (primary N) is 1. The molecule has 3 N–H and O–H groups in total. The molecule has 3 unspecified atom stereocenters. The zero-order chi connectivity index (χ0) is 14.6. The lowest BCUT2D eigenvalue weighted by atomic mass is 9.76. The Labute approximate surface area is 115 Å². The summed E-state index contributed by atoms with van der Waals surface area (Å²) in [5.41, 5.74) is 5.48. The normalized spacial score (nSPS) is 28.7. The number of nitrogens with zero attached hydrogens (tertiary/aromatic N) is 1. The predicted octanol–water partition coefficient (Wildman–Crippen LogP) is 1.46. The van der Waals surface area contributed by atoms with Gasteiger partial charge in [0.1, 0.15) is 0 Å². The van der Waals surface area contributed by atoms with Gasteiger partial charge in [0.25, 0.3) is 0 Å². The second-order valence-corrected chi connectivity index (χ2v) is 5.94. The number of carbonyl (C=O) groups is 2. The molecule has 0 radical (unpaired) electrons. The summed E-state index contributed by atoms with van der Waals surface area (Å²) in [7, 11) is 0. The molecule has 19 heavy (non-hydrogen) atoms. The molecule has 0 aromatic carbocycles. The first-order valence-electron chi connectivity index (χ1n) is 7.11. The fourth-order valence-electron chi connectivity index (χ4n) is 2.87. The number of likely N-dealkylation sites (N-methyl/N-ethyl adjacent to an activating group) is 1. The smallest absolute Gasteiger partial charge is 0.308 e. The Bertz CT molecular complexity index is 346. The monoisotopic (exact) mass is 270 g/mol. The molecule has 0 aliphatic heterocycles. The predicted molar refractivity (Wildman–Crippen MR) is 73.6 cm³/mol. The van der Waals surface area contributed by atoms with E-state index >= 15 is 0 Å². The molecule has 3 atom stereocenters. The molecule has 0 bridgehead atoms. The number of amides is 1. The lowest BCUT2D eigenvalue weighted by Gasteiger charge is -2.39. The van der Waals surface area contributed by atoms with Crippen molar-refractivity contribution < 1.29 is 14.7 Å². The van der Waals surface area contributed by atoms with E-state index in [1.807, 2.05) is 6.92 Å². The second kappa shape index (κ2) is 6.37.